The molecule has 0 saturated carbocycles. The number of carbonyl (C=O) groups is 2. The lowest BCUT2D eigenvalue weighted by Crippen LogP contribution is -2.52. The van der Waals surface area contributed by atoms with Gasteiger partial charge in [0.25, 0.3) is 5.91 Å². The number of piperidine rings is 1. The van der Waals surface area contributed by atoms with E-state index in [-0.39, 0.29) is 29.4 Å². The molecule has 1 N–H and O–H groups in total. The number of carbonyl (C=O) groups excluding carboxylic acids is 2. The third-order valence-corrected chi connectivity index (χ3v) is 7.67. The van der Waals surface area contributed by atoms with Gasteiger partial charge in [-0.3, -0.25) is 19.3 Å². The highest BCUT2D eigenvalue weighted by molar-refractivity contribution is 5.92. The summed E-state index contributed by atoms with van der Waals surface area (Å²) in [4.78, 5) is 31.6. The van der Waals surface area contributed by atoms with Crippen molar-refractivity contribution in [2.75, 3.05) is 13.1 Å². The molecule has 1 saturated heterocycles. The second-order valence-corrected chi connectivity index (χ2v) is 9.80. The van der Waals surface area contributed by atoms with Gasteiger partial charge in [-0.15, -0.1) is 0 Å². The standard InChI is InChI=1S/C28H33N5O3/c1-4-21-17-24(32(3)31-21)27(35)33-15-11-28(12-16-33)23-8-6-5-7-22(23)25(30-19(2)34)26(28)36-18-20-9-13-29-14-10-20/h5-10,13-14,17,25-26H,4,11-12,15-16,18H2,1-3H3,(H,30,34)/t25-,26+/m1/s1. The van der Waals surface area contributed by atoms with Crippen LogP contribution in [0.3, 0.4) is 0 Å². The average molecular weight is 488 g/mol. The Bertz CT molecular complexity index is 1250. The molecule has 0 radical (unpaired) electrons. The van der Waals surface area contributed by atoms with Crippen molar-refractivity contribution < 1.29 is 14.3 Å². The van der Waals surface area contributed by atoms with E-state index >= 15 is 0 Å². The molecular weight excluding hydrogens is 454 g/mol. The molecule has 8 nitrogen and oxygen atoms in total. The fourth-order valence-corrected chi connectivity index (χ4v) is 5.87. The average Bonchev–Trinajstić information content (AvgIpc) is 3.39. The largest absolute Gasteiger partial charge is 0.370 e. The van der Waals surface area contributed by atoms with Crippen LogP contribution in [0.2, 0.25) is 0 Å². The summed E-state index contributed by atoms with van der Waals surface area (Å²) in [5, 5.41) is 7.62. The highest BCUT2D eigenvalue weighted by Gasteiger charge is 2.54. The zero-order chi connectivity index (χ0) is 25.3. The number of hydrogen-bond donors (Lipinski definition) is 1. The molecule has 188 valence electrons. The van der Waals surface area contributed by atoms with E-state index in [1.54, 1.807) is 24.0 Å². The molecule has 8 heteroatoms. The second kappa shape index (κ2) is 9.85. The molecule has 0 unspecified atom stereocenters. The highest BCUT2D eigenvalue weighted by atomic mass is 16.5. The molecule has 1 aliphatic heterocycles. The minimum Gasteiger partial charge on any atom is -0.370 e. The van der Waals surface area contributed by atoms with Crippen LogP contribution in [0.15, 0.2) is 54.9 Å². The number of benzene rings is 1. The van der Waals surface area contributed by atoms with Gasteiger partial charge in [0.1, 0.15) is 5.69 Å². The van der Waals surface area contributed by atoms with Crippen molar-refractivity contribution in [3.8, 4) is 0 Å². The molecule has 1 aliphatic carbocycles. The van der Waals surface area contributed by atoms with Gasteiger partial charge in [-0.1, -0.05) is 31.2 Å². The molecule has 5 rings (SSSR count). The van der Waals surface area contributed by atoms with Crippen LogP contribution in [0.1, 0.15) is 65.6 Å². The van der Waals surface area contributed by atoms with Gasteiger partial charge in [0.05, 0.1) is 24.4 Å². The number of hydrogen-bond acceptors (Lipinski definition) is 5. The van der Waals surface area contributed by atoms with Gasteiger partial charge in [-0.25, -0.2) is 0 Å². The summed E-state index contributed by atoms with van der Waals surface area (Å²) >= 11 is 0. The second-order valence-electron chi connectivity index (χ2n) is 9.80. The fourth-order valence-electron chi connectivity index (χ4n) is 5.87. The SMILES string of the molecule is CCc1cc(C(=O)N2CCC3(CC2)c2ccccc2[C@@H](NC(C)=O)[C@@H]3OCc2ccncc2)n(C)n1. The van der Waals surface area contributed by atoms with E-state index in [0.29, 0.717) is 25.4 Å². The van der Waals surface area contributed by atoms with Crippen LogP contribution in [0.25, 0.3) is 0 Å². The summed E-state index contributed by atoms with van der Waals surface area (Å²) in [6, 6.07) is 13.9. The molecule has 2 aromatic heterocycles. The Labute approximate surface area is 211 Å². The zero-order valence-electron chi connectivity index (χ0n) is 21.1. The predicted molar refractivity (Wildman–Crippen MR) is 135 cm³/mol. The summed E-state index contributed by atoms with van der Waals surface area (Å²) < 4.78 is 8.32. The molecule has 1 fully saturated rings. The summed E-state index contributed by atoms with van der Waals surface area (Å²) in [6.07, 6.45) is 5.58. The maximum absolute atomic E-state index is 13.4. The minimum atomic E-state index is -0.297. The number of pyridine rings is 1. The van der Waals surface area contributed by atoms with Gasteiger partial charge in [0.15, 0.2) is 0 Å². The van der Waals surface area contributed by atoms with E-state index < -0.39 is 0 Å². The maximum Gasteiger partial charge on any atom is 0.272 e. The Morgan fingerprint density at radius 1 is 1.14 bits per heavy atom. The number of aryl methyl sites for hydroxylation is 2. The quantitative estimate of drug-likeness (QED) is 0.576. The molecule has 1 spiro atoms. The molecular formula is C28H33N5O3. The lowest BCUT2D eigenvalue weighted by Gasteiger charge is -2.44. The first-order valence-corrected chi connectivity index (χ1v) is 12.6. The lowest BCUT2D eigenvalue weighted by atomic mass is 9.71. The van der Waals surface area contributed by atoms with Crippen LogP contribution in [0.4, 0.5) is 0 Å². The van der Waals surface area contributed by atoms with Crippen LogP contribution in [0.5, 0.6) is 0 Å². The number of nitrogens with zero attached hydrogens (tertiary/aromatic N) is 4. The fraction of sp³-hybridized carbons (Fsp3) is 0.429. The predicted octanol–water partition coefficient (Wildman–Crippen LogP) is 3.33. The molecule has 1 aromatic carbocycles. The van der Waals surface area contributed by atoms with Crippen molar-refractivity contribution in [1.82, 2.24) is 25.0 Å². The molecule has 2 atom stereocenters. The van der Waals surface area contributed by atoms with E-state index in [0.717, 1.165) is 36.1 Å². The van der Waals surface area contributed by atoms with Gasteiger partial charge < -0.3 is 15.0 Å². The number of amides is 2. The van der Waals surface area contributed by atoms with E-state index in [1.807, 2.05) is 43.1 Å². The van der Waals surface area contributed by atoms with Gasteiger partial charge >= 0.3 is 0 Å². The van der Waals surface area contributed by atoms with Gasteiger partial charge in [0, 0.05) is 44.9 Å². The van der Waals surface area contributed by atoms with Crippen molar-refractivity contribution in [3.63, 3.8) is 0 Å². The van der Waals surface area contributed by atoms with Crippen LogP contribution in [0, 0.1) is 0 Å². The number of likely N-dealkylation sites (tertiary alicyclic amines) is 1. The molecule has 36 heavy (non-hydrogen) atoms. The van der Waals surface area contributed by atoms with E-state index in [9.17, 15) is 9.59 Å². The first-order valence-electron chi connectivity index (χ1n) is 12.6. The van der Waals surface area contributed by atoms with Crippen LogP contribution < -0.4 is 5.32 Å². The smallest absolute Gasteiger partial charge is 0.272 e. The van der Waals surface area contributed by atoms with Crippen molar-refractivity contribution in [2.45, 2.75) is 57.3 Å². The monoisotopic (exact) mass is 487 g/mol. The summed E-state index contributed by atoms with van der Waals surface area (Å²) in [5.74, 6) is -0.0709. The first-order chi connectivity index (χ1) is 17.4. The summed E-state index contributed by atoms with van der Waals surface area (Å²) in [6.45, 7) is 5.24. The van der Waals surface area contributed by atoms with Gasteiger partial charge in [-0.2, -0.15) is 5.10 Å². The lowest BCUT2D eigenvalue weighted by molar-refractivity contribution is -0.122. The molecule has 2 aliphatic rings. The van der Waals surface area contributed by atoms with Crippen molar-refractivity contribution in [1.29, 1.82) is 0 Å². The Morgan fingerprint density at radius 2 is 1.86 bits per heavy atom. The van der Waals surface area contributed by atoms with E-state index in [2.05, 4.69) is 33.6 Å². The van der Waals surface area contributed by atoms with E-state index in [4.69, 9.17) is 4.74 Å². The highest BCUT2D eigenvalue weighted by Crippen LogP contribution is 2.52. The van der Waals surface area contributed by atoms with E-state index in [1.165, 1.54) is 5.56 Å². The molecule has 3 heterocycles. The molecule has 0 bridgehead atoms. The third kappa shape index (κ3) is 4.30. The normalized spacial score (nSPS) is 20.4. The number of rotatable bonds is 6. The van der Waals surface area contributed by atoms with Crippen molar-refractivity contribution in [3.05, 3.63) is 82.9 Å². The third-order valence-electron chi connectivity index (χ3n) is 7.67. The van der Waals surface area contributed by atoms with Gasteiger partial charge in [0.2, 0.25) is 5.91 Å². The Kier molecular flexibility index (Phi) is 6.62. The summed E-state index contributed by atoms with van der Waals surface area (Å²) in [7, 11) is 1.83. The zero-order valence-corrected chi connectivity index (χ0v) is 21.1. The molecule has 3 aromatic rings. The van der Waals surface area contributed by atoms with Crippen molar-refractivity contribution >= 4 is 11.8 Å². The number of fused-ring (bicyclic) bond motifs is 2. The minimum absolute atomic E-state index is 0.0125. The number of aromatic nitrogens is 3. The van der Waals surface area contributed by atoms with Crippen LogP contribution >= 0.6 is 0 Å². The van der Waals surface area contributed by atoms with Crippen LogP contribution in [-0.4, -0.2) is 50.7 Å². The Hall–Kier alpha value is -3.52. The first kappa shape index (κ1) is 24.2. The van der Waals surface area contributed by atoms with Crippen molar-refractivity contribution in [2.24, 2.45) is 7.05 Å². The van der Waals surface area contributed by atoms with Gasteiger partial charge in [-0.05, 0) is 54.2 Å². The maximum atomic E-state index is 13.4. The topological polar surface area (TPSA) is 89.4 Å². The number of nitrogens with one attached hydrogen (secondary N) is 1. The Balaban J connectivity index is 1.43. The Morgan fingerprint density at radius 3 is 2.53 bits per heavy atom. The molecule has 2 amide bonds. The van der Waals surface area contributed by atoms with Crippen LogP contribution in [-0.2, 0) is 35.0 Å². The number of ether oxygens (including phenoxy) is 1. The summed E-state index contributed by atoms with van der Waals surface area (Å²) in [5.41, 5.74) is 4.59.